The molecule has 0 spiro atoms. The molecule has 0 saturated carbocycles. The Balaban J connectivity index is 0.00000181. The predicted octanol–water partition coefficient (Wildman–Crippen LogP) is -1.38. The van der Waals surface area contributed by atoms with Gasteiger partial charge in [0, 0.05) is 51.0 Å². The number of hydrogen-bond acceptors (Lipinski definition) is 2. The van der Waals surface area contributed by atoms with Crippen LogP contribution in [0.4, 0.5) is 11.4 Å². The number of fused-ring (bicyclic) bond motifs is 2. The first-order valence-corrected chi connectivity index (χ1v) is 10.9. The molecule has 2 aromatic carbocycles. The van der Waals surface area contributed by atoms with E-state index in [1.165, 1.54) is 48.1 Å². The van der Waals surface area contributed by atoms with Crippen molar-refractivity contribution in [1.29, 1.82) is 0 Å². The van der Waals surface area contributed by atoms with Gasteiger partial charge in [0.05, 0.1) is 22.1 Å². The van der Waals surface area contributed by atoms with Crippen LogP contribution in [-0.2, 0) is 13.1 Å². The van der Waals surface area contributed by atoms with Crippen molar-refractivity contribution in [3.63, 3.8) is 0 Å². The van der Waals surface area contributed by atoms with E-state index in [0.717, 1.165) is 35.2 Å². The number of aryl methyl sites for hydroxylation is 4. The molecular weight excluding hydrogens is 622 g/mol. The summed E-state index contributed by atoms with van der Waals surface area (Å²) in [6.07, 6.45) is 4.78. The monoisotopic (exact) mass is 654 g/mol. The lowest BCUT2D eigenvalue weighted by atomic mass is 10.1. The Morgan fingerprint density at radius 1 is 0.594 bits per heavy atom. The number of aromatic nitrogens is 2. The van der Waals surface area contributed by atoms with Gasteiger partial charge in [-0.05, 0) is 25.0 Å². The number of anilines is 2. The van der Waals surface area contributed by atoms with Crippen LogP contribution in [0, 0.1) is 13.8 Å². The van der Waals surface area contributed by atoms with E-state index in [1.54, 1.807) is 0 Å². The van der Waals surface area contributed by atoms with Crippen molar-refractivity contribution in [1.82, 2.24) is 0 Å². The Morgan fingerprint density at radius 2 is 0.969 bits per heavy atom. The van der Waals surface area contributed by atoms with Crippen LogP contribution in [-0.4, -0.2) is 0 Å². The topological polar surface area (TPSA) is 59.8 Å². The Bertz CT molecular complexity index is 1110. The van der Waals surface area contributed by atoms with Crippen LogP contribution in [0.1, 0.15) is 37.1 Å². The maximum atomic E-state index is 6.21. The van der Waals surface area contributed by atoms with Gasteiger partial charge in [0.1, 0.15) is 13.1 Å². The molecule has 0 bridgehead atoms. The number of nitrogens with two attached hydrogens (primary N) is 2. The molecule has 0 aliphatic rings. The minimum atomic E-state index is 0. The number of hydrogen-bond donors (Lipinski definition) is 2. The van der Waals surface area contributed by atoms with Gasteiger partial charge in [-0.1, -0.05) is 24.3 Å². The molecule has 2 aromatic heterocycles. The van der Waals surface area contributed by atoms with E-state index < -0.39 is 0 Å². The largest absolute Gasteiger partial charge is 1.00 e. The zero-order valence-corrected chi connectivity index (χ0v) is 23.1. The summed E-state index contributed by atoms with van der Waals surface area (Å²) in [6, 6.07) is 21.0. The molecule has 170 valence electrons. The molecule has 0 unspecified atom stereocenters. The molecule has 0 atom stereocenters. The third-order valence-electron chi connectivity index (χ3n) is 6.11. The third-order valence-corrected chi connectivity index (χ3v) is 6.11. The van der Waals surface area contributed by atoms with Crippen molar-refractivity contribution in [3.8, 4) is 0 Å². The van der Waals surface area contributed by atoms with E-state index in [2.05, 4.69) is 83.6 Å². The second kappa shape index (κ2) is 12.0. The number of para-hydroxylation sites is 2. The summed E-state index contributed by atoms with van der Waals surface area (Å²) in [5, 5.41) is 2.29. The van der Waals surface area contributed by atoms with Crippen molar-refractivity contribution in [3.05, 3.63) is 72.1 Å². The zero-order valence-electron chi connectivity index (χ0n) is 18.8. The van der Waals surface area contributed by atoms with Gasteiger partial charge in [0.25, 0.3) is 0 Å². The molecule has 2 heterocycles. The first-order valence-electron chi connectivity index (χ1n) is 10.9. The van der Waals surface area contributed by atoms with Crippen LogP contribution in [0.15, 0.2) is 60.7 Å². The summed E-state index contributed by atoms with van der Waals surface area (Å²) in [6.45, 7) is 6.36. The standard InChI is InChI=1S/C26H30N4.2HI/c1-19-17-23(27)21-11-5-7-13-25(21)29(19)15-9-3-4-10-16-30-20(2)18-24(28)22-12-6-8-14-26(22)30;;/h5-8,11-14,17-18,27-28H,3-4,9-10,15-16H2,1-2H3;2*1H. The van der Waals surface area contributed by atoms with Gasteiger partial charge in [-0.3, -0.25) is 0 Å². The molecule has 4 N–H and O–H groups in total. The first kappa shape index (κ1) is 26.6. The fraction of sp³-hybridized carbons (Fsp3) is 0.308. The molecule has 0 radical (unpaired) electrons. The minimum Gasteiger partial charge on any atom is -1.00 e. The predicted molar refractivity (Wildman–Crippen MR) is 125 cm³/mol. The molecular formula is C26H32I2N4. The van der Waals surface area contributed by atoms with E-state index in [0.29, 0.717) is 0 Å². The van der Waals surface area contributed by atoms with Crippen molar-refractivity contribution in [2.45, 2.75) is 52.6 Å². The third kappa shape index (κ3) is 5.62. The summed E-state index contributed by atoms with van der Waals surface area (Å²) in [5.41, 5.74) is 19.1. The van der Waals surface area contributed by atoms with Gasteiger partial charge < -0.3 is 59.4 Å². The maximum absolute atomic E-state index is 6.21. The smallest absolute Gasteiger partial charge is 0.214 e. The number of unbranched alkanes of at least 4 members (excludes halogenated alkanes) is 3. The summed E-state index contributed by atoms with van der Waals surface area (Å²) in [5.74, 6) is 0. The molecule has 32 heavy (non-hydrogen) atoms. The lowest BCUT2D eigenvalue weighted by Crippen LogP contribution is -3.00. The molecule has 0 aliphatic heterocycles. The highest BCUT2D eigenvalue weighted by molar-refractivity contribution is 5.88. The summed E-state index contributed by atoms with van der Waals surface area (Å²) < 4.78 is 4.80. The average Bonchev–Trinajstić information content (AvgIpc) is 2.74. The van der Waals surface area contributed by atoms with Crippen LogP contribution in [0.3, 0.4) is 0 Å². The second-order valence-corrected chi connectivity index (χ2v) is 8.23. The Morgan fingerprint density at radius 3 is 1.38 bits per heavy atom. The highest BCUT2D eigenvalue weighted by Gasteiger charge is 2.16. The number of rotatable bonds is 7. The Labute approximate surface area is 225 Å². The number of halogens is 2. The fourth-order valence-electron chi connectivity index (χ4n) is 4.53. The molecule has 0 saturated heterocycles. The number of nitrogen functional groups attached to an aromatic ring is 2. The highest BCUT2D eigenvalue weighted by atomic mass is 127. The van der Waals surface area contributed by atoms with Gasteiger partial charge in [0.15, 0.2) is 11.4 Å². The SMILES string of the molecule is Cc1cc(N)c2ccccc2[n+]1CCCCCC[n+]1c(C)cc(N)c2ccccc21.[I-].[I-]. The van der Waals surface area contributed by atoms with Crippen molar-refractivity contribution >= 4 is 33.2 Å². The van der Waals surface area contributed by atoms with E-state index in [4.69, 9.17) is 11.5 Å². The van der Waals surface area contributed by atoms with E-state index in [-0.39, 0.29) is 48.0 Å². The van der Waals surface area contributed by atoms with Gasteiger partial charge in [-0.15, -0.1) is 0 Å². The summed E-state index contributed by atoms with van der Waals surface area (Å²) >= 11 is 0. The Kier molecular flexibility index (Phi) is 9.94. The Hall–Kier alpha value is -1.68. The summed E-state index contributed by atoms with van der Waals surface area (Å²) in [4.78, 5) is 0. The highest BCUT2D eigenvalue weighted by Crippen LogP contribution is 2.20. The van der Waals surface area contributed by atoms with Crippen LogP contribution >= 0.6 is 0 Å². The summed E-state index contributed by atoms with van der Waals surface area (Å²) in [7, 11) is 0. The van der Waals surface area contributed by atoms with E-state index >= 15 is 0 Å². The lowest BCUT2D eigenvalue weighted by Gasteiger charge is -2.08. The van der Waals surface area contributed by atoms with E-state index in [1.807, 2.05) is 0 Å². The van der Waals surface area contributed by atoms with Crippen LogP contribution < -0.4 is 68.6 Å². The van der Waals surface area contributed by atoms with E-state index in [9.17, 15) is 0 Å². The molecule has 0 fully saturated rings. The van der Waals surface area contributed by atoms with Crippen LogP contribution in [0.5, 0.6) is 0 Å². The quantitative estimate of drug-likeness (QED) is 0.147. The second-order valence-electron chi connectivity index (χ2n) is 8.23. The maximum Gasteiger partial charge on any atom is 0.214 e. The molecule has 4 nitrogen and oxygen atoms in total. The zero-order chi connectivity index (χ0) is 21.1. The molecule has 0 amide bonds. The van der Waals surface area contributed by atoms with Crippen molar-refractivity contribution in [2.24, 2.45) is 0 Å². The average molecular weight is 654 g/mol. The van der Waals surface area contributed by atoms with Crippen LogP contribution in [0.25, 0.3) is 21.8 Å². The van der Waals surface area contributed by atoms with Crippen LogP contribution in [0.2, 0.25) is 0 Å². The van der Waals surface area contributed by atoms with Gasteiger partial charge in [-0.2, -0.15) is 9.13 Å². The minimum absolute atomic E-state index is 0. The van der Waals surface area contributed by atoms with Crippen molar-refractivity contribution < 1.29 is 57.1 Å². The normalized spacial score (nSPS) is 10.7. The number of benzene rings is 2. The molecule has 4 aromatic rings. The first-order chi connectivity index (χ1) is 14.6. The van der Waals surface area contributed by atoms with Crippen molar-refractivity contribution in [2.75, 3.05) is 11.5 Å². The molecule has 0 aliphatic carbocycles. The van der Waals surface area contributed by atoms with Gasteiger partial charge in [-0.25, -0.2) is 0 Å². The number of pyridine rings is 2. The lowest BCUT2D eigenvalue weighted by molar-refractivity contribution is -0.679. The molecule has 6 heteroatoms. The number of nitrogens with zero attached hydrogens (tertiary/aromatic N) is 2. The van der Waals surface area contributed by atoms with Gasteiger partial charge in [0.2, 0.25) is 11.0 Å². The van der Waals surface area contributed by atoms with Gasteiger partial charge >= 0.3 is 0 Å². The molecule has 4 rings (SSSR count). The fourth-order valence-corrected chi connectivity index (χ4v) is 4.53.